The van der Waals surface area contributed by atoms with Crippen molar-refractivity contribution in [3.63, 3.8) is 0 Å². The van der Waals surface area contributed by atoms with Crippen molar-refractivity contribution in [1.29, 1.82) is 0 Å². The molecule has 0 unspecified atom stereocenters. The van der Waals surface area contributed by atoms with E-state index in [0.29, 0.717) is 36.0 Å². The monoisotopic (exact) mass is 505 g/mol. The van der Waals surface area contributed by atoms with E-state index in [9.17, 15) is 9.59 Å². The number of carbonyl (C=O) groups excluding carboxylic acids is 2. The van der Waals surface area contributed by atoms with E-state index in [1.54, 1.807) is 9.80 Å². The summed E-state index contributed by atoms with van der Waals surface area (Å²) in [6.07, 6.45) is 0.874. The Bertz CT molecular complexity index is 1240. The quantitative estimate of drug-likeness (QED) is 0.388. The van der Waals surface area contributed by atoms with Gasteiger partial charge in [0.1, 0.15) is 18.1 Å². The molecule has 0 saturated carbocycles. The largest absolute Gasteiger partial charge is 0.464 e. The number of furan rings is 1. The molecular formula is C29H35N3O5. The van der Waals surface area contributed by atoms with Crippen molar-refractivity contribution < 1.29 is 23.5 Å². The average Bonchev–Trinajstić information content (AvgIpc) is 3.51. The van der Waals surface area contributed by atoms with Gasteiger partial charge in [0.25, 0.3) is 0 Å². The molecule has 4 rings (SSSR count). The Kier molecular flexibility index (Phi) is 8.38. The lowest BCUT2D eigenvalue weighted by atomic mass is 10.1. The van der Waals surface area contributed by atoms with Crippen LogP contribution in [0.4, 0.5) is 10.5 Å². The molecule has 1 N–H and O–H groups in total. The van der Waals surface area contributed by atoms with E-state index in [1.165, 1.54) is 0 Å². The van der Waals surface area contributed by atoms with Crippen LogP contribution in [0.2, 0.25) is 0 Å². The van der Waals surface area contributed by atoms with Crippen LogP contribution in [0.25, 0.3) is 0 Å². The Morgan fingerprint density at radius 2 is 1.76 bits per heavy atom. The maximum atomic E-state index is 13.6. The molecule has 0 spiro atoms. The molecule has 8 heteroatoms. The van der Waals surface area contributed by atoms with Crippen LogP contribution in [-0.4, -0.2) is 41.6 Å². The number of aryl methyl sites for hydroxylation is 2. The number of rotatable bonds is 10. The van der Waals surface area contributed by atoms with Crippen molar-refractivity contribution in [2.75, 3.05) is 25.2 Å². The van der Waals surface area contributed by atoms with E-state index in [2.05, 4.69) is 12.2 Å². The van der Waals surface area contributed by atoms with Crippen LogP contribution in [0, 0.1) is 12.8 Å². The first-order chi connectivity index (χ1) is 17.8. The average molecular weight is 506 g/mol. The zero-order valence-corrected chi connectivity index (χ0v) is 22.0. The summed E-state index contributed by atoms with van der Waals surface area (Å²) in [4.78, 5) is 30.2. The highest BCUT2D eigenvalue weighted by molar-refractivity contribution is 5.92. The molecule has 0 bridgehead atoms. The summed E-state index contributed by atoms with van der Waals surface area (Å²) >= 11 is 0. The van der Waals surface area contributed by atoms with Gasteiger partial charge < -0.3 is 29.0 Å². The molecule has 0 fully saturated rings. The van der Waals surface area contributed by atoms with Crippen molar-refractivity contribution in [2.24, 2.45) is 5.92 Å². The van der Waals surface area contributed by atoms with Crippen LogP contribution in [0.5, 0.6) is 11.5 Å². The lowest BCUT2D eigenvalue weighted by molar-refractivity contribution is -0.133. The summed E-state index contributed by atoms with van der Waals surface area (Å²) < 4.78 is 16.7. The molecule has 0 atom stereocenters. The molecule has 0 aliphatic carbocycles. The minimum atomic E-state index is -0.299. The second-order valence-corrected chi connectivity index (χ2v) is 9.71. The predicted molar refractivity (Wildman–Crippen MR) is 142 cm³/mol. The van der Waals surface area contributed by atoms with Gasteiger partial charge in [0.15, 0.2) is 11.5 Å². The van der Waals surface area contributed by atoms with Gasteiger partial charge in [0.05, 0.1) is 6.54 Å². The summed E-state index contributed by atoms with van der Waals surface area (Å²) in [6, 6.07) is 16.9. The fourth-order valence-electron chi connectivity index (χ4n) is 4.25. The predicted octanol–water partition coefficient (Wildman–Crippen LogP) is 5.60. The SMILES string of the molecule is CCc1cccc(NC(=O)N(CC(=O)N(Cc2ccc3c(c2)OCO3)Cc2ccc(C)o2)CC(C)C)c1. The van der Waals surface area contributed by atoms with E-state index in [1.807, 2.05) is 75.4 Å². The van der Waals surface area contributed by atoms with Crippen LogP contribution in [0.15, 0.2) is 59.0 Å². The molecule has 3 aromatic rings. The van der Waals surface area contributed by atoms with Crippen LogP contribution in [-0.2, 0) is 24.3 Å². The number of hydrogen-bond donors (Lipinski definition) is 1. The summed E-state index contributed by atoms with van der Waals surface area (Å²) in [5, 5.41) is 2.96. The van der Waals surface area contributed by atoms with Gasteiger partial charge in [-0.05, 0) is 66.8 Å². The van der Waals surface area contributed by atoms with Gasteiger partial charge in [-0.25, -0.2) is 4.79 Å². The smallest absolute Gasteiger partial charge is 0.322 e. The van der Waals surface area contributed by atoms with Gasteiger partial charge in [0, 0.05) is 18.8 Å². The molecule has 8 nitrogen and oxygen atoms in total. The molecule has 2 heterocycles. The number of nitrogens with zero attached hydrogens (tertiary/aromatic N) is 2. The van der Waals surface area contributed by atoms with Crippen LogP contribution in [0.1, 0.15) is 43.4 Å². The van der Waals surface area contributed by atoms with E-state index in [4.69, 9.17) is 13.9 Å². The number of carbonyl (C=O) groups is 2. The lowest BCUT2D eigenvalue weighted by Crippen LogP contribution is -2.45. The van der Waals surface area contributed by atoms with Crippen LogP contribution in [0.3, 0.4) is 0 Å². The molecule has 0 saturated heterocycles. The molecule has 3 amide bonds. The molecule has 196 valence electrons. The first-order valence-electron chi connectivity index (χ1n) is 12.7. The highest BCUT2D eigenvalue weighted by Crippen LogP contribution is 2.33. The molecule has 2 aromatic carbocycles. The second kappa shape index (κ2) is 11.9. The fourth-order valence-corrected chi connectivity index (χ4v) is 4.25. The Morgan fingerprint density at radius 1 is 0.946 bits per heavy atom. The standard InChI is InChI=1S/C29H35N3O5/c1-5-22-7-6-8-24(13-22)30-29(34)32(15-20(2)3)18-28(33)31(17-25-11-9-21(4)37-25)16-23-10-12-26-27(14-23)36-19-35-26/h6-14,20H,5,15-19H2,1-4H3,(H,30,34). The Hall–Kier alpha value is -3.94. The van der Waals surface area contributed by atoms with Crippen molar-refractivity contribution in [3.8, 4) is 11.5 Å². The number of fused-ring (bicyclic) bond motifs is 1. The van der Waals surface area contributed by atoms with Gasteiger partial charge >= 0.3 is 6.03 Å². The van der Waals surface area contributed by atoms with Crippen molar-refractivity contribution in [2.45, 2.75) is 47.2 Å². The van der Waals surface area contributed by atoms with Gasteiger partial charge in [0.2, 0.25) is 12.7 Å². The minimum Gasteiger partial charge on any atom is -0.464 e. The Morgan fingerprint density at radius 3 is 2.49 bits per heavy atom. The fraction of sp³-hybridized carbons (Fsp3) is 0.379. The number of urea groups is 1. The van der Waals surface area contributed by atoms with E-state index in [0.717, 1.165) is 23.3 Å². The second-order valence-electron chi connectivity index (χ2n) is 9.71. The van der Waals surface area contributed by atoms with E-state index in [-0.39, 0.29) is 37.7 Å². The number of ether oxygens (including phenoxy) is 2. The molecule has 1 aliphatic heterocycles. The molecule has 37 heavy (non-hydrogen) atoms. The van der Waals surface area contributed by atoms with Crippen LogP contribution >= 0.6 is 0 Å². The maximum Gasteiger partial charge on any atom is 0.322 e. The van der Waals surface area contributed by atoms with Crippen molar-refractivity contribution in [1.82, 2.24) is 9.80 Å². The zero-order valence-electron chi connectivity index (χ0n) is 22.0. The summed E-state index contributed by atoms with van der Waals surface area (Å²) in [7, 11) is 0. The first kappa shape index (κ1) is 26.1. The molecule has 1 aliphatic rings. The lowest BCUT2D eigenvalue weighted by Gasteiger charge is -2.28. The van der Waals surface area contributed by atoms with E-state index >= 15 is 0 Å². The van der Waals surface area contributed by atoms with Crippen LogP contribution < -0.4 is 14.8 Å². The van der Waals surface area contributed by atoms with E-state index < -0.39 is 0 Å². The third-order valence-corrected chi connectivity index (χ3v) is 6.09. The topological polar surface area (TPSA) is 84.3 Å². The highest BCUT2D eigenvalue weighted by Gasteiger charge is 2.24. The normalized spacial score (nSPS) is 12.0. The number of anilines is 1. The molecule has 0 radical (unpaired) electrons. The summed E-state index contributed by atoms with van der Waals surface area (Å²) in [5.74, 6) is 2.83. The maximum absolute atomic E-state index is 13.6. The number of hydrogen-bond acceptors (Lipinski definition) is 5. The summed E-state index contributed by atoms with van der Waals surface area (Å²) in [5.41, 5.74) is 2.75. The third-order valence-electron chi connectivity index (χ3n) is 6.09. The van der Waals surface area contributed by atoms with Crippen molar-refractivity contribution in [3.05, 3.63) is 77.2 Å². The van der Waals surface area contributed by atoms with Gasteiger partial charge in [-0.2, -0.15) is 0 Å². The number of amides is 3. The third kappa shape index (κ3) is 7.06. The van der Waals surface area contributed by atoms with Gasteiger partial charge in [-0.1, -0.05) is 39.0 Å². The van der Waals surface area contributed by atoms with Gasteiger partial charge in [-0.3, -0.25) is 4.79 Å². The Labute approximate surface area is 218 Å². The summed E-state index contributed by atoms with van der Waals surface area (Å²) in [6.45, 7) is 9.20. The number of nitrogens with one attached hydrogen (secondary N) is 1. The highest BCUT2D eigenvalue weighted by atomic mass is 16.7. The molecular weight excluding hydrogens is 470 g/mol. The van der Waals surface area contributed by atoms with Crippen molar-refractivity contribution >= 4 is 17.6 Å². The zero-order chi connectivity index (χ0) is 26.4. The number of benzene rings is 2. The minimum absolute atomic E-state index is 0.0538. The molecule has 1 aromatic heterocycles. The van der Waals surface area contributed by atoms with Gasteiger partial charge in [-0.15, -0.1) is 0 Å². The Balaban J connectivity index is 1.52. The first-order valence-corrected chi connectivity index (χ1v) is 12.7.